The molecule has 0 aromatic heterocycles. The third kappa shape index (κ3) is 3.48. The summed E-state index contributed by atoms with van der Waals surface area (Å²) in [5.74, 6) is -0.418. The molecule has 0 N–H and O–H groups in total. The first-order valence-electron chi connectivity index (χ1n) is 4.77. The molecule has 0 bridgehead atoms. The molecule has 5 heteroatoms. The van der Waals surface area contributed by atoms with Crippen molar-refractivity contribution in [2.75, 3.05) is 6.61 Å². The van der Waals surface area contributed by atoms with Crippen LogP contribution < -0.4 is 0 Å². The molecule has 0 spiro atoms. The van der Waals surface area contributed by atoms with E-state index >= 15 is 0 Å². The Labute approximate surface area is 93.0 Å². The number of hydrogen-bond acceptors (Lipinski definition) is 3. The van der Waals surface area contributed by atoms with Crippen LogP contribution in [0.2, 0.25) is 0 Å². The largest absolute Gasteiger partial charge is 0.463 e. The molecule has 5 nitrogen and oxygen atoms in total. The molecule has 0 unspecified atom stereocenters. The van der Waals surface area contributed by atoms with Gasteiger partial charge < -0.3 is 4.74 Å². The van der Waals surface area contributed by atoms with Gasteiger partial charge in [-0.25, -0.2) is 4.79 Å². The maximum absolute atomic E-state index is 11.1. The minimum Gasteiger partial charge on any atom is -0.463 e. The van der Waals surface area contributed by atoms with Crippen molar-refractivity contribution in [3.05, 3.63) is 46.3 Å². The monoisotopic (exact) mass is 217 g/mol. The number of esters is 1. The summed E-state index contributed by atoms with van der Waals surface area (Å²) in [6.07, 6.45) is 2.86. The molecule has 0 aliphatic carbocycles. The number of ether oxygens (including phenoxy) is 1. The third-order valence-electron chi connectivity index (χ3n) is 1.77. The molecule has 0 amide bonds. The van der Waals surface area contributed by atoms with Gasteiger partial charge in [0.2, 0.25) is 0 Å². The van der Waals surface area contributed by atoms with Crippen molar-refractivity contribution in [1.29, 1.82) is 0 Å². The summed E-state index contributed by atoms with van der Waals surface area (Å²) in [4.78, 5) is 13.8. The van der Waals surface area contributed by atoms with Crippen LogP contribution in [0.5, 0.6) is 0 Å². The molecule has 0 radical (unpaired) electrons. The highest BCUT2D eigenvalue weighted by Crippen LogP contribution is 2.19. The summed E-state index contributed by atoms with van der Waals surface area (Å²) in [7, 11) is 0. The lowest BCUT2D eigenvalue weighted by atomic mass is 10.1. The van der Waals surface area contributed by atoms with Crippen LogP contribution in [-0.4, -0.2) is 12.6 Å². The molecular weight excluding hydrogens is 206 g/mol. The zero-order valence-corrected chi connectivity index (χ0v) is 8.83. The number of carbonyl (C=O) groups is 1. The average Bonchev–Trinajstić information content (AvgIpc) is 2.29. The first-order chi connectivity index (χ1) is 7.77. The van der Waals surface area contributed by atoms with Crippen LogP contribution in [-0.2, 0) is 9.53 Å². The molecule has 0 aliphatic heterocycles. The first kappa shape index (κ1) is 11.8. The highest BCUT2D eigenvalue weighted by molar-refractivity contribution is 5.88. The van der Waals surface area contributed by atoms with Gasteiger partial charge in [0.15, 0.2) is 0 Å². The van der Waals surface area contributed by atoms with Crippen LogP contribution in [0.1, 0.15) is 12.5 Å². The smallest absolute Gasteiger partial charge is 0.330 e. The van der Waals surface area contributed by atoms with Crippen LogP contribution in [0.15, 0.2) is 35.5 Å². The fraction of sp³-hybridized carbons (Fsp3) is 0.182. The zero-order valence-electron chi connectivity index (χ0n) is 8.83. The van der Waals surface area contributed by atoms with E-state index in [4.69, 9.17) is 10.3 Å². The lowest BCUT2D eigenvalue weighted by Crippen LogP contribution is -1.98. The summed E-state index contributed by atoms with van der Waals surface area (Å²) in [6.45, 7) is 2.07. The van der Waals surface area contributed by atoms with Gasteiger partial charge in [-0.15, -0.1) is 0 Å². The van der Waals surface area contributed by atoms with Gasteiger partial charge in [-0.1, -0.05) is 29.4 Å². The molecule has 82 valence electrons. The van der Waals surface area contributed by atoms with E-state index in [2.05, 4.69) is 10.0 Å². The van der Waals surface area contributed by atoms with Crippen molar-refractivity contribution < 1.29 is 9.53 Å². The molecular formula is C11H11N3O2. The Morgan fingerprint density at radius 1 is 1.56 bits per heavy atom. The lowest BCUT2D eigenvalue weighted by molar-refractivity contribution is -0.137. The van der Waals surface area contributed by atoms with E-state index in [-0.39, 0.29) is 0 Å². The van der Waals surface area contributed by atoms with E-state index in [1.54, 1.807) is 37.3 Å². The van der Waals surface area contributed by atoms with Crippen LogP contribution >= 0.6 is 0 Å². The van der Waals surface area contributed by atoms with Crippen molar-refractivity contribution in [1.82, 2.24) is 0 Å². The van der Waals surface area contributed by atoms with E-state index in [9.17, 15) is 4.79 Å². The summed E-state index contributed by atoms with van der Waals surface area (Å²) in [5.41, 5.74) is 9.50. The van der Waals surface area contributed by atoms with Crippen LogP contribution in [0.3, 0.4) is 0 Å². The van der Waals surface area contributed by atoms with Crippen LogP contribution in [0, 0.1) is 0 Å². The summed E-state index contributed by atoms with van der Waals surface area (Å²) in [5, 5.41) is 3.51. The van der Waals surface area contributed by atoms with Gasteiger partial charge in [-0.2, -0.15) is 0 Å². The normalized spacial score (nSPS) is 9.81. The lowest BCUT2D eigenvalue weighted by Gasteiger charge is -1.98. The highest BCUT2D eigenvalue weighted by atomic mass is 16.5. The van der Waals surface area contributed by atoms with Crippen LogP contribution in [0.25, 0.3) is 16.5 Å². The standard InChI is InChI=1S/C11H11N3O2/c1-2-16-11(15)8-7-9-5-3-4-6-10(9)13-14-12/h3-8H,2H2,1H3. The quantitative estimate of drug-likeness (QED) is 0.255. The predicted octanol–water partition coefficient (Wildman–Crippen LogP) is 3.20. The van der Waals surface area contributed by atoms with E-state index in [0.29, 0.717) is 17.9 Å². The number of azide groups is 1. The van der Waals surface area contributed by atoms with Crippen molar-refractivity contribution >= 4 is 17.7 Å². The molecule has 1 rings (SSSR count). The molecule has 0 saturated heterocycles. The number of nitrogens with zero attached hydrogens (tertiary/aromatic N) is 3. The second-order valence-electron chi connectivity index (χ2n) is 2.83. The molecule has 16 heavy (non-hydrogen) atoms. The number of benzene rings is 1. The van der Waals surface area contributed by atoms with E-state index in [1.165, 1.54) is 6.08 Å². The Balaban J connectivity index is 2.88. The van der Waals surface area contributed by atoms with Gasteiger partial charge in [0.05, 0.1) is 6.61 Å². The molecule has 0 heterocycles. The van der Waals surface area contributed by atoms with Crippen LogP contribution in [0.4, 0.5) is 5.69 Å². The van der Waals surface area contributed by atoms with Gasteiger partial charge in [-0.05, 0) is 24.1 Å². The molecule has 1 aromatic carbocycles. The Kier molecular flexibility index (Phi) is 4.63. The van der Waals surface area contributed by atoms with Gasteiger partial charge >= 0.3 is 5.97 Å². The molecule has 0 saturated carbocycles. The molecule has 0 fully saturated rings. The maximum Gasteiger partial charge on any atom is 0.330 e. The van der Waals surface area contributed by atoms with Gasteiger partial charge in [-0.3, -0.25) is 0 Å². The van der Waals surface area contributed by atoms with Gasteiger partial charge in [0.25, 0.3) is 0 Å². The van der Waals surface area contributed by atoms with Crippen molar-refractivity contribution in [2.45, 2.75) is 6.92 Å². The Hall–Kier alpha value is -2.26. The SMILES string of the molecule is CCOC(=O)C=Cc1ccccc1N=[N+]=[N-]. The minimum absolute atomic E-state index is 0.334. The summed E-state index contributed by atoms with van der Waals surface area (Å²) < 4.78 is 4.73. The molecule has 0 aliphatic rings. The number of rotatable bonds is 4. The van der Waals surface area contributed by atoms with E-state index in [0.717, 1.165) is 0 Å². The van der Waals surface area contributed by atoms with Crippen molar-refractivity contribution in [3.8, 4) is 0 Å². The Morgan fingerprint density at radius 2 is 2.31 bits per heavy atom. The predicted molar refractivity (Wildman–Crippen MR) is 60.9 cm³/mol. The van der Waals surface area contributed by atoms with Gasteiger partial charge in [0, 0.05) is 16.7 Å². The van der Waals surface area contributed by atoms with Crippen molar-refractivity contribution in [2.24, 2.45) is 5.11 Å². The first-order valence-corrected chi connectivity index (χ1v) is 4.77. The average molecular weight is 217 g/mol. The molecule has 1 aromatic rings. The number of hydrogen-bond donors (Lipinski definition) is 0. The topological polar surface area (TPSA) is 75.1 Å². The summed E-state index contributed by atoms with van der Waals surface area (Å²) in [6, 6.07) is 6.97. The van der Waals surface area contributed by atoms with E-state index in [1.807, 2.05) is 0 Å². The van der Waals surface area contributed by atoms with E-state index < -0.39 is 5.97 Å². The van der Waals surface area contributed by atoms with Gasteiger partial charge in [0.1, 0.15) is 0 Å². The fourth-order valence-corrected chi connectivity index (χ4v) is 1.12. The highest BCUT2D eigenvalue weighted by Gasteiger charge is 1.97. The summed E-state index contributed by atoms with van der Waals surface area (Å²) >= 11 is 0. The molecule has 0 atom stereocenters. The Morgan fingerprint density at radius 3 is 3.00 bits per heavy atom. The Bertz CT molecular complexity index is 448. The third-order valence-corrected chi connectivity index (χ3v) is 1.77. The number of carbonyl (C=O) groups excluding carboxylic acids is 1. The maximum atomic E-state index is 11.1. The second kappa shape index (κ2) is 6.27. The fourth-order valence-electron chi connectivity index (χ4n) is 1.12. The minimum atomic E-state index is -0.418. The zero-order chi connectivity index (χ0) is 11.8. The van der Waals surface area contributed by atoms with Crippen molar-refractivity contribution in [3.63, 3.8) is 0 Å². The second-order valence-corrected chi connectivity index (χ2v) is 2.83.